The lowest BCUT2D eigenvalue weighted by molar-refractivity contribution is 1.30. The normalized spacial score (nSPS) is 10.5. The molecule has 3 heteroatoms. The Morgan fingerprint density at radius 1 is 1.11 bits per heavy atom. The first-order valence-electron chi connectivity index (χ1n) is 6.27. The van der Waals surface area contributed by atoms with Crippen LogP contribution >= 0.6 is 0 Å². The highest BCUT2D eigenvalue weighted by Gasteiger charge is 2.08. The molecule has 0 saturated heterocycles. The molecule has 0 aliphatic rings. The fraction of sp³-hybridized carbons (Fsp3) is 0.0625. The Morgan fingerprint density at radius 2 is 1.89 bits per heavy atom. The molecule has 0 fully saturated rings. The quantitative estimate of drug-likeness (QED) is 0.690. The minimum Gasteiger partial charge on any atom is -0.381 e. The van der Waals surface area contributed by atoms with Crippen LogP contribution in [0.1, 0.15) is 0 Å². The molecule has 0 aliphatic heterocycles. The maximum Gasteiger partial charge on any atom is 0.140 e. The summed E-state index contributed by atoms with van der Waals surface area (Å²) in [5.74, 6) is 0.883. The first-order valence-corrected chi connectivity index (χ1v) is 6.27. The second-order valence-electron chi connectivity index (χ2n) is 4.32. The van der Waals surface area contributed by atoms with Gasteiger partial charge >= 0.3 is 0 Å². The molecular formula is C16H15N3. The predicted octanol–water partition coefficient (Wildman–Crippen LogP) is 3.83. The molecule has 0 unspecified atom stereocenters. The molecular weight excluding hydrogens is 234 g/mol. The van der Waals surface area contributed by atoms with Gasteiger partial charge in [0, 0.05) is 17.8 Å². The van der Waals surface area contributed by atoms with Crippen LogP contribution in [-0.2, 0) is 0 Å². The molecule has 2 N–H and O–H groups in total. The van der Waals surface area contributed by atoms with Crippen LogP contribution in [-0.4, -0.2) is 16.5 Å². The number of nitrogens with zero attached hydrogens (tertiary/aromatic N) is 1. The van der Waals surface area contributed by atoms with E-state index < -0.39 is 0 Å². The van der Waals surface area contributed by atoms with Gasteiger partial charge in [0.05, 0.1) is 11.0 Å². The van der Waals surface area contributed by atoms with Crippen molar-refractivity contribution in [1.82, 2.24) is 9.97 Å². The molecule has 0 radical (unpaired) electrons. The van der Waals surface area contributed by atoms with Gasteiger partial charge < -0.3 is 10.3 Å². The largest absolute Gasteiger partial charge is 0.381 e. The summed E-state index contributed by atoms with van der Waals surface area (Å²) in [6, 6.07) is 16.2. The van der Waals surface area contributed by atoms with Crippen LogP contribution < -0.4 is 5.32 Å². The molecule has 2 aromatic carbocycles. The molecule has 94 valence electrons. The van der Waals surface area contributed by atoms with Gasteiger partial charge in [-0.05, 0) is 24.3 Å². The molecule has 19 heavy (non-hydrogen) atoms. The zero-order chi connectivity index (χ0) is 13.1. The summed E-state index contributed by atoms with van der Waals surface area (Å²) in [5, 5.41) is 3.33. The van der Waals surface area contributed by atoms with Gasteiger partial charge in [0.25, 0.3) is 0 Å². The van der Waals surface area contributed by atoms with Crippen molar-refractivity contribution in [2.45, 2.75) is 0 Å². The van der Waals surface area contributed by atoms with Crippen molar-refractivity contribution < 1.29 is 0 Å². The van der Waals surface area contributed by atoms with E-state index in [1.807, 2.05) is 48.5 Å². The third-order valence-electron chi connectivity index (χ3n) is 3.01. The Bertz CT molecular complexity index is 680. The van der Waals surface area contributed by atoms with Crippen molar-refractivity contribution in [3.63, 3.8) is 0 Å². The molecule has 0 bridgehead atoms. The number of rotatable bonds is 4. The predicted molar refractivity (Wildman–Crippen MR) is 80.2 cm³/mol. The first kappa shape index (κ1) is 11.5. The average Bonchev–Trinajstić information content (AvgIpc) is 2.89. The van der Waals surface area contributed by atoms with E-state index in [1.165, 1.54) is 0 Å². The number of benzene rings is 2. The Hall–Kier alpha value is -2.55. The lowest BCUT2D eigenvalue weighted by Crippen LogP contribution is -1.99. The number of aromatic amines is 1. The van der Waals surface area contributed by atoms with Crippen molar-refractivity contribution in [2.24, 2.45) is 0 Å². The second-order valence-corrected chi connectivity index (χ2v) is 4.32. The topological polar surface area (TPSA) is 40.7 Å². The van der Waals surface area contributed by atoms with Crippen molar-refractivity contribution in [2.75, 3.05) is 11.9 Å². The number of aromatic nitrogens is 2. The number of H-pyrrole nitrogens is 1. The number of anilines is 1. The summed E-state index contributed by atoms with van der Waals surface area (Å²) in [6.45, 7) is 4.46. The zero-order valence-electron chi connectivity index (χ0n) is 10.6. The number of hydrogen-bond donors (Lipinski definition) is 2. The van der Waals surface area contributed by atoms with Gasteiger partial charge in [0.2, 0.25) is 0 Å². The smallest absolute Gasteiger partial charge is 0.140 e. The zero-order valence-corrected chi connectivity index (χ0v) is 10.6. The van der Waals surface area contributed by atoms with Crippen LogP contribution in [0.15, 0.2) is 61.2 Å². The van der Waals surface area contributed by atoms with E-state index in [-0.39, 0.29) is 0 Å². The maximum atomic E-state index is 4.63. The van der Waals surface area contributed by atoms with E-state index in [1.54, 1.807) is 0 Å². The van der Waals surface area contributed by atoms with E-state index >= 15 is 0 Å². The lowest BCUT2D eigenvalue weighted by Gasteiger charge is -2.08. The van der Waals surface area contributed by atoms with Gasteiger partial charge in [-0.3, -0.25) is 0 Å². The van der Waals surface area contributed by atoms with E-state index in [9.17, 15) is 0 Å². The summed E-state index contributed by atoms with van der Waals surface area (Å²) >= 11 is 0. The summed E-state index contributed by atoms with van der Waals surface area (Å²) < 4.78 is 0. The SMILES string of the molecule is C=CCNc1ccccc1-c1nc2ccccc2[nH]1. The Labute approximate surface area is 112 Å². The first-order chi connectivity index (χ1) is 9.38. The number of nitrogens with one attached hydrogen (secondary N) is 2. The fourth-order valence-corrected chi connectivity index (χ4v) is 2.11. The monoisotopic (exact) mass is 249 g/mol. The van der Waals surface area contributed by atoms with Crippen LogP contribution in [0, 0.1) is 0 Å². The Balaban J connectivity index is 2.07. The highest BCUT2D eigenvalue weighted by Crippen LogP contribution is 2.27. The fourth-order valence-electron chi connectivity index (χ4n) is 2.11. The lowest BCUT2D eigenvalue weighted by atomic mass is 10.1. The Kier molecular flexibility index (Phi) is 3.02. The molecule has 0 aliphatic carbocycles. The van der Waals surface area contributed by atoms with Crippen LogP contribution in [0.2, 0.25) is 0 Å². The molecule has 1 aromatic heterocycles. The van der Waals surface area contributed by atoms with Crippen molar-refractivity contribution in [1.29, 1.82) is 0 Å². The van der Waals surface area contributed by atoms with E-state index in [0.717, 1.165) is 34.7 Å². The number of hydrogen-bond acceptors (Lipinski definition) is 2. The Morgan fingerprint density at radius 3 is 2.74 bits per heavy atom. The molecule has 0 amide bonds. The number of para-hydroxylation sites is 3. The number of fused-ring (bicyclic) bond motifs is 1. The van der Waals surface area contributed by atoms with E-state index in [4.69, 9.17) is 0 Å². The van der Waals surface area contributed by atoms with Crippen LogP contribution in [0.4, 0.5) is 5.69 Å². The maximum absolute atomic E-state index is 4.63. The summed E-state index contributed by atoms with van der Waals surface area (Å²) in [5.41, 5.74) is 4.16. The van der Waals surface area contributed by atoms with Gasteiger partial charge in [0.1, 0.15) is 5.82 Å². The van der Waals surface area contributed by atoms with Gasteiger partial charge in [-0.15, -0.1) is 6.58 Å². The van der Waals surface area contributed by atoms with Gasteiger partial charge in [-0.1, -0.05) is 30.3 Å². The molecule has 0 atom stereocenters. The third kappa shape index (κ3) is 2.22. The molecule has 3 aromatic rings. The molecule has 0 spiro atoms. The molecule has 1 heterocycles. The second kappa shape index (κ2) is 4.98. The molecule has 3 nitrogen and oxygen atoms in total. The summed E-state index contributed by atoms with van der Waals surface area (Å²) in [4.78, 5) is 7.98. The van der Waals surface area contributed by atoms with Crippen LogP contribution in [0.3, 0.4) is 0 Å². The van der Waals surface area contributed by atoms with Gasteiger partial charge in [-0.2, -0.15) is 0 Å². The molecule has 3 rings (SSSR count). The van der Waals surface area contributed by atoms with Crippen molar-refractivity contribution in [3.8, 4) is 11.4 Å². The summed E-state index contributed by atoms with van der Waals surface area (Å²) in [6.07, 6.45) is 1.84. The third-order valence-corrected chi connectivity index (χ3v) is 3.01. The average molecular weight is 249 g/mol. The van der Waals surface area contributed by atoms with E-state index in [0.29, 0.717) is 0 Å². The number of imidazole rings is 1. The van der Waals surface area contributed by atoms with Crippen molar-refractivity contribution >= 4 is 16.7 Å². The minimum absolute atomic E-state index is 0.733. The standard InChI is InChI=1S/C16H15N3/c1-2-11-17-13-8-4-3-7-12(13)16-18-14-9-5-6-10-15(14)19-16/h2-10,17H,1,11H2,(H,18,19). The highest BCUT2D eigenvalue weighted by molar-refractivity contribution is 5.82. The van der Waals surface area contributed by atoms with E-state index in [2.05, 4.69) is 27.9 Å². The minimum atomic E-state index is 0.733. The van der Waals surface area contributed by atoms with Gasteiger partial charge in [0.15, 0.2) is 0 Å². The van der Waals surface area contributed by atoms with Crippen molar-refractivity contribution in [3.05, 3.63) is 61.2 Å². The molecule has 0 saturated carbocycles. The van der Waals surface area contributed by atoms with Crippen LogP contribution in [0.25, 0.3) is 22.4 Å². The van der Waals surface area contributed by atoms with Gasteiger partial charge in [-0.25, -0.2) is 4.98 Å². The van der Waals surface area contributed by atoms with Crippen LogP contribution in [0.5, 0.6) is 0 Å². The summed E-state index contributed by atoms with van der Waals surface area (Å²) in [7, 11) is 0. The highest BCUT2D eigenvalue weighted by atomic mass is 14.9.